The van der Waals surface area contributed by atoms with Gasteiger partial charge in [0.15, 0.2) is 0 Å². The highest BCUT2D eigenvalue weighted by Gasteiger charge is 2.37. The molecule has 0 fully saturated rings. The molecule has 14 heteroatoms. The van der Waals surface area contributed by atoms with Crippen molar-refractivity contribution in [2.45, 2.75) is 58.8 Å². The van der Waals surface area contributed by atoms with Gasteiger partial charge in [0.2, 0.25) is 17.7 Å². The summed E-state index contributed by atoms with van der Waals surface area (Å²) in [4.78, 5) is 64.7. The lowest BCUT2D eigenvalue weighted by Gasteiger charge is -2.41. The predicted octanol–water partition coefficient (Wildman–Crippen LogP) is 2.65. The molecule has 5 N–H and O–H groups in total. The number of halogens is 2. The summed E-state index contributed by atoms with van der Waals surface area (Å²) in [6, 6.07) is 11.6. The summed E-state index contributed by atoms with van der Waals surface area (Å²) < 4.78 is 31.1. The molecule has 3 atom stereocenters. The average Bonchev–Trinajstić information content (AvgIpc) is 3.65. The molecule has 0 saturated carbocycles. The van der Waals surface area contributed by atoms with Crippen molar-refractivity contribution in [1.29, 1.82) is 0 Å². The molecule has 272 valence electrons. The van der Waals surface area contributed by atoms with Crippen LogP contribution in [-0.4, -0.2) is 87.3 Å². The molecular formula is C37H44F2N6O6. The second kappa shape index (κ2) is 16.7. The Balaban J connectivity index is 1.50. The second-order valence-electron chi connectivity index (χ2n) is 13.4. The van der Waals surface area contributed by atoms with Gasteiger partial charge in [0, 0.05) is 61.3 Å². The van der Waals surface area contributed by atoms with Gasteiger partial charge in [-0.3, -0.25) is 28.9 Å². The van der Waals surface area contributed by atoms with E-state index in [1.165, 1.54) is 11.8 Å². The third-order valence-electron chi connectivity index (χ3n) is 8.58. The maximum atomic E-state index is 15.0. The number of hydrogen-bond donors (Lipinski definition) is 4. The normalized spacial score (nSPS) is 14.7. The van der Waals surface area contributed by atoms with Crippen molar-refractivity contribution in [2.75, 3.05) is 26.2 Å². The number of amides is 5. The first-order valence-electron chi connectivity index (χ1n) is 16.6. The van der Waals surface area contributed by atoms with Gasteiger partial charge < -0.3 is 30.9 Å². The Morgan fingerprint density at radius 3 is 2.18 bits per heavy atom. The first-order chi connectivity index (χ1) is 24.1. The van der Waals surface area contributed by atoms with Crippen molar-refractivity contribution in [3.8, 4) is 11.1 Å². The third-order valence-corrected chi connectivity index (χ3v) is 8.58. The molecule has 0 spiro atoms. The summed E-state index contributed by atoms with van der Waals surface area (Å²) in [5.74, 6) is -4.14. The van der Waals surface area contributed by atoms with E-state index in [1.807, 2.05) is 55.7 Å². The summed E-state index contributed by atoms with van der Waals surface area (Å²) in [6.07, 6.45) is 3.88. The van der Waals surface area contributed by atoms with Crippen molar-refractivity contribution in [2.24, 2.45) is 11.1 Å². The minimum absolute atomic E-state index is 0.000844. The smallest absolute Gasteiger partial charge is 0.254 e. The number of imide groups is 1. The summed E-state index contributed by atoms with van der Waals surface area (Å²) >= 11 is 0. The van der Waals surface area contributed by atoms with E-state index in [1.54, 1.807) is 12.3 Å². The second-order valence-corrected chi connectivity index (χ2v) is 13.4. The van der Waals surface area contributed by atoms with E-state index in [0.29, 0.717) is 17.8 Å². The number of nitrogens with two attached hydrogens (primary N) is 1. The standard InChI is InChI=1S/C37H44F2N6O6/c1-23(45-31(47)12-13-32(45)48)35(50)41-15-16-42-36(51)29(40)14-17-44(33(49)22-46)34(37(2,3)4)30-18-25(27-19-26(38)10-11-28(27)39)21-43(30)20-24-8-6-5-7-9-24/h5-13,18-19,21,23,29,34,46H,14-17,20,22,40H2,1-4H3,(H,41,50)(H,42,51)/t23-,29+,34+/m1/s1. The van der Waals surface area contributed by atoms with E-state index in [4.69, 9.17) is 5.73 Å². The van der Waals surface area contributed by atoms with E-state index in [2.05, 4.69) is 10.6 Å². The van der Waals surface area contributed by atoms with Gasteiger partial charge in [0.1, 0.15) is 24.3 Å². The van der Waals surface area contributed by atoms with Crippen molar-refractivity contribution in [1.82, 2.24) is 25.0 Å². The van der Waals surface area contributed by atoms with E-state index < -0.39 is 71.3 Å². The number of nitrogens with one attached hydrogen (secondary N) is 2. The average molecular weight is 707 g/mol. The highest BCUT2D eigenvalue weighted by molar-refractivity contribution is 6.15. The van der Waals surface area contributed by atoms with E-state index in [9.17, 15) is 37.9 Å². The van der Waals surface area contributed by atoms with Crippen LogP contribution in [0.1, 0.15) is 51.4 Å². The SMILES string of the molecule is C[C@H](C(=O)NCCNC(=O)[C@@H](N)CCN(C(=O)CO)[C@@H](c1cc(-c2cc(F)ccc2F)cn1Cc1ccccc1)C(C)(C)C)N1C(=O)C=CC1=O. The van der Waals surface area contributed by atoms with Gasteiger partial charge in [-0.15, -0.1) is 0 Å². The molecule has 0 radical (unpaired) electrons. The minimum Gasteiger partial charge on any atom is -0.387 e. The van der Waals surface area contributed by atoms with Crippen LogP contribution in [0.15, 0.2) is 72.9 Å². The molecule has 5 amide bonds. The van der Waals surface area contributed by atoms with Gasteiger partial charge >= 0.3 is 0 Å². The number of hydrogen-bond acceptors (Lipinski definition) is 7. The van der Waals surface area contributed by atoms with Gasteiger partial charge in [-0.05, 0) is 48.6 Å². The largest absolute Gasteiger partial charge is 0.387 e. The zero-order chi connectivity index (χ0) is 37.5. The molecule has 1 aliphatic rings. The van der Waals surface area contributed by atoms with Gasteiger partial charge in [-0.2, -0.15) is 0 Å². The highest BCUT2D eigenvalue weighted by atomic mass is 19.1. The highest BCUT2D eigenvalue weighted by Crippen LogP contribution is 2.41. The molecule has 51 heavy (non-hydrogen) atoms. The predicted molar refractivity (Wildman–Crippen MR) is 185 cm³/mol. The summed E-state index contributed by atoms with van der Waals surface area (Å²) in [6.45, 7) is 6.64. The monoisotopic (exact) mass is 706 g/mol. The van der Waals surface area contributed by atoms with Crippen LogP contribution in [0.4, 0.5) is 8.78 Å². The topological polar surface area (TPSA) is 167 Å². The van der Waals surface area contributed by atoms with Crippen molar-refractivity contribution < 1.29 is 37.9 Å². The Hall–Kier alpha value is -5.21. The fourth-order valence-corrected chi connectivity index (χ4v) is 6.07. The van der Waals surface area contributed by atoms with Crippen LogP contribution < -0.4 is 16.4 Å². The van der Waals surface area contributed by atoms with Crippen molar-refractivity contribution in [3.63, 3.8) is 0 Å². The van der Waals surface area contributed by atoms with Crippen LogP contribution in [0, 0.1) is 17.0 Å². The van der Waals surface area contributed by atoms with Crippen LogP contribution in [0.2, 0.25) is 0 Å². The molecule has 4 rings (SSSR count). The molecule has 1 aliphatic heterocycles. The first kappa shape index (κ1) is 38.6. The van der Waals surface area contributed by atoms with E-state index in [-0.39, 0.29) is 31.6 Å². The molecule has 0 aliphatic carbocycles. The number of aliphatic hydroxyl groups excluding tert-OH is 1. The van der Waals surface area contributed by atoms with Crippen LogP contribution >= 0.6 is 0 Å². The Kier molecular flexibility index (Phi) is 12.6. The quantitative estimate of drug-likeness (QED) is 0.139. The van der Waals surface area contributed by atoms with Gasteiger partial charge in [0.25, 0.3) is 11.8 Å². The Morgan fingerprint density at radius 1 is 0.941 bits per heavy atom. The zero-order valence-electron chi connectivity index (χ0n) is 29.1. The number of aromatic nitrogens is 1. The summed E-state index contributed by atoms with van der Waals surface area (Å²) in [5, 5.41) is 15.2. The van der Waals surface area contributed by atoms with Crippen molar-refractivity contribution >= 4 is 29.5 Å². The van der Waals surface area contributed by atoms with Crippen LogP contribution in [-0.2, 0) is 30.5 Å². The van der Waals surface area contributed by atoms with Crippen LogP contribution in [0.25, 0.3) is 11.1 Å². The Morgan fingerprint density at radius 2 is 1.57 bits per heavy atom. The lowest BCUT2D eigenvalue weighted by molar-refractivity contribution is -0.144. The number of aliphatic hydroxyl groups is 1. The molecule has 0 saturated heterocycles. The van der Waals surface area contributed by atoms with Crippen molar-refractivity contribution in [3.05, 3.63) is 95.8 Å². The minimum atomic E-state index is -1.08. The fraction of sp³-hybridized carbons (Fsp3) is 0.378. The lowest BCUT2D eigenvalue weighted by Crippen LogP contribution is -2.50. The van der Waals surface area contributed by atoms with E-state index in [0.717, 1.165) is 40.8 Å². The maximum Gasteiger partial charge on any atom is 0.254 e. The zero-order valence-corrected chi connectivity index (χ0v) is 29.1. The third kappa shape index (κ3) is 9.52. The molecule has 0 unspecified atom stereocenters. The molecule has 2 aromatic carbocycles. The van der Waals surface area contributed by atoms with Gasteiger partial charge in [-0.1, -0.05) is 51.1 Å². The van der Waals surface area contributed by atoms with Gasteiger partial charge in [0.05, 0.1) is 12.1 Å². The van der Waals surface area contributed by atoms with Crippen LogP contribution in [0.5, 0.6) is 0 Å². The first-order valence-corrected chi connectivity index (χ1v) is 16.6. The summed E-state index contributed by atoms with van der Waals surface area (Å²) in [7, 11) is 0. The molecule has 3 aromatic rings. The number of nitrogens with zero attached hydrogens (tertiary/aromatic N) is 3. The number of carbonyl (C=O) groups excluding carboxylic acids is 5. The number of rotatable bonds is 15. The Bertz CT molecular complexity index is 1770. The lowest BCUT2D eigenvalue weighted by atomic mass is 9.82. The van der Waals surface area contributed by atoms with Gasteiger partial charge in [-0.25, -0.2) is 8.78 Å². The molecule has 1 aromatic heterocycles. The molecule has 12 nitrogen and oxygen atoms in total. The molecule has 2 heterocycles. The van der Waals surface area contributed by atoms with E-state index >= 15 is 0 Å². The Labute approximate surface area is 295 Å². The fourth-order valence-electron chi connectivity index (χ4n) is 6.07. The molecule has 0 bridgehead atoms. The molecular weight excluding hydrogens is 662 g/mol. The summed E-state index contributed by atoms with van der Waals surface area (Å²) in [5.41, 5.74) is 7.55. The van der Waals surface area contributed by atoms with Crippen LogP contribution in [0.3, 0.4) is 0 Å². The maximum absolute atomic E-state index is 15.0. The number of carbonyl (C=O) groups is 5. The number of benzene rings is 2.